The molecule has 2 aliphatic heterocycles. The van der Waals surface area contributed by atoms with Gasteiger partial charge in [-0.2, -0.15) is 0 Å². The predicted octanol–water partition coefficient (Wildman–Crippen LogP) is 3.64. The molecule has 0 bridgehead atoms. The fourth-order valence-electron chi connectivity index (χ4n) is 6.18. The van der Waals surface area contributed by atoms with Gasteiger partial charge in [-0.25, -0.2) is 4.79 Å². The van der Waals surface area contributed by atoms with E-state index in [1.807, 2.05) is 4.90 Å². The fourth-order valence-corrected chi connectivity index (χ4v) is 6.18. The van der Waals surface area contributed by atoms with Gasteiger partial charge in [-0.05, 0) is 60.6 Å². The summed E-state index contributed by atoms with van der Waals surface area (Å²) in [5.41, 5.74) is 2.43. The number of esters is 1. The molecule has 0 unspecified atom stereocenters. The minimum atomic E-state index is -0.728. The highest BCUT2D eigenvalue weighted by Gasteiger charge is 2.43. The normalized spacial score (nSPS) is 18.6. The summed E-state index contributed by atoms with van der Waals surface area (Å²) < 4.78 is 4.69. The Morgan fingerprint density at radius 3 is 2.16 bits per heavy atom. The number of ether oxygens (including phenoxy) is 1. The first-order valence-corrected chi connectivity index (χ1v) is 12.8. The van der Waals surface area contributed by atoms with Crippen LogP contribution in [0.5, 0.6) is 0 Å². The average molecular weight is 506 g/mol. The molecular formula is C28H31N3O6. The maximum Gasteiger partial charge on any atom is 0.338 e. The molecule has 1 aliphatic carbocycles. The monoisotopic (exact) mass is 505 g/mol. The minimum Gasteiger partial charge on any atom is -0.465 e. The molecular weight excluding hydrogens is 474 g/mol. The van der Waals surface area contributed by atoms with E-state index in [1.54, 1.807) is 4.90 Å². The smallest absolute Gasteiger partial charge is 0.338 e. The van der Waals surface area contributed by atoms with E-state index in [4.69, 9.17) is 4.74 Å². The summed E-state index contributed by atoms with van der Waals surface area (Å²) in [6.45, 7) is 2.46. The summed E-state index contributed by atoms with van der Waals surface area (Å²) in [7, 11) is 1.19. The van der Waals surface area contributed by atoms with Gasteiger partial charge in [-0.1, -0.05) is 24.3 Å². The third-order valence-corrected chi connectivity index (χ3v) is 8.30. The lowest BCUT2D eigenvalue weighted by atomic mass is 9.77. The quantitative estimate of drug-likeness (QED) is 0.349. The number of fused-ring (bicyclic) bond motifs is 1. The zero-order valence-corrected chi connectivity index (χ0v) is 21.0. The third kappa shape index (κ3) is 5.08. The molecule has 2 fully saturated rings. The van der Waals surface area contributed by atoms with Crippen LogP contribution in [0.2, 0.25) is 0 Å². The van der Waals surface area contributed by atoms with E-state index >= 15 is 0 Å². The van der Waals surface area contributed by atoms with Gasteiger partial charge in [0.1, 0.15) is 0 Å². The Morgan fingerprint density at radius 2 is 1.57 bits per heavy atom. The van der Waals surface area contributed by atoms with E-state index in [0.717, 1.165) is 38.2 Å². The highest BCUT2D eigenvalue weighted by molar-refractivity contribution is 5.99. The Balaban J connectivity index is 1.18. The number of carbonyl (C=O) groups is 3. The molecule has 2 aromatic rings. The summed E-state index contributed by atoms with van der Waals surface area (Å²) in [6.07, 6.45) is 4.99. The van der Waals surface area contributed by atoms with Crippen molar-refractivity contribution in [2.75, 3.05) is 33.3 Å². The topological polar surface area (TPSA) is 110 Å². The van der Waals surface area contributed by atoms with Crippen LogP contribution in [0.1, 0.15) is 57.5 Å². The second kappa shape index (κ2) is 9.95. The Kier molecular flexibility index (Phi) is 6.70. The number of carbonyl (C=O) groups excluding carboxylic acids is 3. The number of hydrogen-bond acceptors (Lipinski definition) is 6. The Bertz CT molecular complexity index is 1230. The average Bonchev–Trinajstić information content (AvgIpc) is 3.51. The van der Waals surface area contributed by atoms with Crippen molar-refractivity contribution in [3.05, 3.63) is 74.8 Å². The van der Waals surface area contributed by atoms with Crippen LogP contribution in [0.25, 0.3) is 0 Å². The first-order chi connectivity index (χ1) is 17.8. The molecule has 5 rings (SSSR count). The van der Waals surface area contributed by atoms with E-state index in [9.17, 15) is 24.5 Å². The molecule has 9 nitrogen and oxygen atoms in total. The molecule has 37 heavy (non-hydrogen) atoms. The highest BCUT2D eigenvalue weighted by atomic mass is 16.6. The van der Waals surface area contributed by atoms with Crippen LogP contribution in [0.4, 0.5) is 5.69 Å². The maximum absolute atomic E-state index is 13.3. The van der Waals surface area contributed by atoms with Gasteiger partial charge < -0.3 is 14.5 Å². The SMILES string of the molecule is COC(=O)c1cc(C(=O)N2CCC3(CCN(C(=O)CC4Cc5ccccc5C4)CC3)C2)cc([N+](=O)[O-])c1. The number of nitrogens with zero attached hydrogens (tertiary/aromatic N) is 3. The number of benzene rings is 2. The zero-order valence-electron chi connectivity index (χ0n) is 21.0. The van der Waals surface area contributed by atoms with Crippen LogP contribution < -0.4 is 0 Å². The van der Waals surface area contributed by atoms with Crippen molar-refractivity contribution in [3.8, 4) is 0 Å². The predicted molar refractivity (Wildman–Crippen MR) is 135 cm³/mol. The first-order valence-electron chi connectivity index (χ1n) is 12.8. The number of rotatable bonds is 5. The van der Waals surface area contributed by atoms with Crippen LogP contribution >= 0.6 is 0 Å². The van der Waals surface area contributed by atoms with E-state index in [-0.39, 0.29) is 34.0 Å². The van der Waals surface area contributed by atoms with Crippen molar-refractivity contribution < 1.29 is 24.0 Å². The number of nitro benzene ring substituents is 1. The molecule has 0 saturated carbocycles. The summed E-state index contributed by atoms with van der Waals surface area (Å²) >= 11 is 0. The molecule has 3 aliphatic rings. The van der Waals surface area contributed by atoms with Gasteiger partial charge in [-0.3, -0.25) is 19.7 Å². The maximum atomic E-state index is 13.3. The highest BCUT2D eigenvalue weighted by Crippen LogP contribution is 2.41. The Morgan fingerprint density at radius 1 is 0.973 bits per heavy atom. The van der Waals surface area contributed by atoms with Crippen molar-refractivity contribution >= 4 is 23.5 Å². The Labute approximate surface area is 215 Å². The van der Waals surface area contributed by atoms with Gasteiger partial charge in [-0.15, -0.1) is 0 Å². The van der Waals surface area contributed by atoms with Gasteiger partial charge in [0.25, 0.3) is 11.6 Å². The lowest BCUT2D eigenvalue weighted by molar-refractivity contribution is -0.384. The number of amides is 2. The van der Waals surface area contributed by atoms with Crippen molar-refractivity contribution in [1.29, 1.82) is 0 Å². The summed E-state index contributed by atoms with van der Waals surface area (Å²) in [6, 6.07) is 12.1. The molecule has 0 N–H and O–H groups in total. The van der Waals surface area contributed by atoms with Crippen molar-refractivity contribution in [1.82, 2.24) is 9.80 Å². The lowest BCUT2D eigenvalue weighted by Gasteiger charge is -2.39. The molecule has 194 valence electrons. The summed E-state index contributed by atoms with van der Waals surface area (Å²) in [5, 5.41) is 11.4. The van der Waals surface area contributed by atoms with Gasteiger partial charge >= 0.3 is 5.97 Å². The van der Waals surface area contributed by atoms with Crippen molar-refractivity contribution in [3.63, 3.8) is 0 Å². The number of non-ortho nitro benzene ring substituents is 1. The summed E-state index contributed by atoms with van der Waals surface area (Å²) in [4.78, 5) is 52.7. The lowest BCUT2D eigenvalue weighted by Crippen LogP contribution is -2.45. The second-order valence-electron chi connectivity index (χ2n) is 10.6. The van der Waals surface area contributed by atoms with E-state index in [0.29, 0.717) is 38.5 Å². The van der Waals surface area contributed by atoms with Crippen LogP contribution in [0.3, 0.4) is 0 Å². The van der Waals surface area contributed by atoms with Crippen molar-refractivity contribution in [2.45, 2.75) is 38.5 Å². The van der Waals surface area contributed by atoms with Crippen LogP contribution in [0, 0.1) is 21.4 Å². The first kappa shape index (κ1) is 24.9. The van der Waals surface area contributed by atoms with Crippen LogP contribution in [-0.2, 0) is 22.4 Å². The molecule has 2 amide bonds. The number of likely N-dealkylation sites (tertiary alicyclic amines) is 2. The molecule has 0 radical (unpaired) electrons. The number of hydrogen-bond donors (Lipinski definition) is 0. The second-order valence-corrected chi connectivity index (χ2v) is 10.6. The van der Waals surface area contributed by atoms with Crippen LogP contribution in [-0.4, -0.2) is 65.8 Å². The zero-order chi connectivity index (χ0) is 26.2. The van der Waals surface area contributed by atoms with Gasteiger partial charge in [0.05, 0.1) is 17.6 Å². The fraction of sp³-hybridized carbons (Fsp3) is 0.464. The molecule has 1 spiro atoms. The van der Waals surface area contributed by atoms with Gasteiger partial charge in [0, 0.05) is 50.3 Å². The molecule has 9 heteroatoms. The van der Waals surface area contributed by atoms with Gasteiger partial charge in [0.2, 0.25) is 5.91 Å². The third-order valence-electron chi connectivity index (χ3n) is 8.30. The standard InChI is InChI=1S/C28H31N3O6/c1-37-27(34)23-15-22(16-24(17-23)31(35)36)26(33)30-11-8-28(18-30)6-9-29(10-7-28)25(32)14-19-12-20-4-2-3-5-21(20)13-19/h2-5,15-17,19H,6-14,18H2,1H3. The molecule has 0 atom stereocenters. The largest absolute Gasteiger partial charge is 0.465 e. The minimum absolute atomic E-state index is 0.0221. The van der Waals surface area contributed by atoms with Gasteiger partial charge in [0.15, 0.2) is 0 Å². The number of piperidine rings is 1. The molecule has 2 aromatic carbocycles. The molecule has 2 saturated heterocycles. The number of nitro groups is 1. The molecule has 2 heterocycles. The molecule has 0 aromatic heterocycles. The van der Waals surface area contributed by atoms with E-state index in [1.165, 1.54) is 30.4 Å². The van der Waals surface area contributed by atoms with E-state index < -0.39 is 10.9 Å². The summed E-state index contributed by atoms with van der Waals surface area (Å²) in [5.74, 6) is -0.477. The van der Waals surface area contributed by atoms with Crippen LogP contribution in [0.15, 0.2) is 42.5 Å². The van der Waals surface area contributed by atoms with E-state index in [2.05, 4.69) is 24.3 Å². The Hall–Kier alpha value is -3.75. The number of methoxy groups -OCH3 is 1. The van der Waals surface area contributed by atoms with Crippen molar-refractivity contribution in [2.24, 2.45) is 11.3 Å².